The van der Waals surface area contributed by atoms with Gasteiger partial charge in [-0.1, -0.05) is 40.1 Å². The maximum Gasteiger partial charge on any atom is 0.256 e. The van der Waals surface area contributed by atoms with Crippen LogP contribution < -0.4 is 5.32 Å². The smallest absolute Gasteiger partial charge is 0.256 e. The van der Waals surface area contributed by atoms with Gasteiger partial charge in [-0.3, -0.25) is 9.59 Å². The highest BCUT2D eigenvalue weighted by Gasteiger charge is 2.25. The van der Waals surface area contributed by atoms with E-state index < -0.39 is 5.82 Å². The average Bonchev–Trinajstić information content (AvgIpc) is 3.19. The molecule has 2 heterocycles. The van der Waals surface area contributed by atoms with Gasteiger partial charge in [0.25, 0.3) is 5.91 Å². The lowest BCUT2D eigenvalue weighted by molar-refractivity contribution is -0.122. The molecular formula is C20H27FN2O2S2. The zero-order valence-electron chi connectivity index (χ0n) is 15.5. The second kappa shape index (κ2) is 10.4. The Kier molecular flexibility index (Phi) is 7.88. The number of halogens is 1. The molecule has 2 aliphatic heterocycles. The summed E-state index contributed by atoms with van der Waals surface area (Å²) in [6.07, 6.45) is 6.59. The second-order valence-corrected chi connectivity index (χ2v) is 9.98. The monoisotopic (exact) mass is 410 g/mol. The minimum Gasteiger partial charge on any atom is -0.353 e. The van der Waals surface area contributed by atoms with E-state index in [1.54, 1.807) is 17.0 Å². The maximum absolute atomic E-state index is 13.8. The number of unbranched alkanes of at least 4 members (excludes halogenated alkanes) is 1. The number of nitrogens with one attached hydrogen (secondary N) is 1. The second-order valence-electron chi connectivity index (χ2n) is 7.19. The van der Waals surface area contributed by atoms with Gasteiger partial charge in [0.2, 0.25) is 5.91 Å². The Morgan fingerprint density at radius 2 is 1.93 bits per heavy atom. The number of hydrogen-bond acceptors (Lipinski definition) is 4. The summed E-state index contributed by atoms with van der Waals surface area (Å²) in [5, 5.41) is 3.87. The number of carbonyl (C=O) groups is 2. The third-order valence-corrected chi connectivity index (χ3v) is 8.17. The van der Waals surface area contributed by atoms with Crippen LogP contribution in [0.15, 0.2) is 24.3 Å². The maximum atomic E-state index is 13.8. The summed E-state index contributed by atoms with van der Waals surface area (Å²) in [5.74, 6) is 0.629. The fourth-order valence-corrected chi connectivity index (χ4v) is 6.58. The third kappa shape index (κ3) is 6.14. The Hall–Kier alpha value is -1.21. The molecule has 0 aliphatic carbocycles. The molecule has 2 fully saturated rings. The van der Waals surface area contributed by atoms with Crippen LogP contribution in [-0.4, -0.2) is 46.8 Å². The highest BCUT2D eigenvalue weighted by atomic mass is 33.1. The van der Waals surface area contributed by atoms with Crippen molar-refractivity contribution in [3.8, 4) is 0 Å². The molecule has 2 saturated heterocycles. The molecule has 2 amide bonds. The first-order valence-corrected chi connectivity index (χ1v) is 12.1. The molecule has 0 radical (unpaired) electrons. The summed E-state index contributed by atoms with van der Waals surface area (Å²) in [5.41, 5.74) is 0.124. The van der Waals surface area contributed by atoms with Gasteiger partial charge in [-0.15, -0.1) is 0 Å². The van der Waals surface area contributed by atoms with Crippen LogP contribution >= 0.6 is 21.6 Å². The Bertz CT molecular complexity index is 645. The van der Waals surface area contributed by atoms with Gasteiger partial charge in [-0.05, 0) is 44.2 Å². The van der Waals surface area contributed by atoms with E-state index in [-0.39, 0.29) is 23.4 Å². The van der Waals surface area contributed by atoms with E-state index in [1.165, 1.54) is 30.7 Å². The van der Waals surface area contributed by atoms with Crippen molar-refractivity contribution in [2.24, 2.45) is 0 Å². The minimum absolute atomic E-state index is 0.113. The molecule has 0 aromatic heterocycles. The number of likely N-dealkylation sites (tertiary alicyclic amines) is 1. The summed E-state index contributed by atoms with van der Waals surface area (Å²) in [4.78, 5) is 26.2. The van der Waals surface area contributed by atoms with Crippen LogP contribution in [0.3, 0.4) is 0 Å². The Labute approximate surface area is 168 Å². The highest BCUT2D eigenvalue weighted by molar-refractivity contribution is 8.77. The van der Waals surface area contributed by atoms with E-state index in [0.29, 0.717) is 19.5 Å². The lowest BCUT2D eigenvalue weighted by Gasteiger charge is -2.32. The molecular weight excluding hydrogens is 383 g/mol. The molecule has 7 heteroatoms. The van der Waals surface area contributed by atoms with Crippen molar-refractivity contribution in [2.75, 3.05) is 18.8 Å². The fourth-order valence-electron chi connectivity index (χ4n) is 3.55. The lowest BCUT2D eigenvalue weighted by atomic mass is 10.0. The first kappa shape index (κ1) is 20.5. The fraction of sp³-hybridized carbons (Fsp3) is 0.600. The Morgan fingerprint density at radius 3 is 2.63 bits per heavy atom. The number of amides is 2. The van der Waals surface area contributed by atoms with Crippen LogP contribution in [0.25, 0.3) is 0 Å². The molecule has 1 N–H and O–H groups in total. The summed E-state index contributed by atoms with van der Waals surface area (Å²) in [6, 6.07) is 6.20. The van der Waals surface area contributed by atoms with E-state index in [4.69, 9.17) is 0 Å². The predicted octanol–water partition coefficient (Wildman–Crippen LogP) is 4.26. The number of rotatable bonds is 7. The molecule has 0 saturated carbocycles. The van der Waals surface area contributed by atoms with Gasteiger partial charge in [0.15, 0.2) is 0 Å². The molecule has 4 nitrogen and oxygen atoms in total. The molecule has 1 atom stereocenters. The lowest BCUT2D eigenvalue weighted by Crippen LogP contribution is -2.46. The molecule has 3 rings (SSSR count). The molecule has 148 valence electrons. The molecule has 27 heavy (non-hydrogen) atoms. The van der Waals surface area contributed by atoms with Crippen molar-refractivity contribution in [2.45, 2.75) is 56.2 Å². The van der Waals surface area contributed by atoms with Crippen LogP contribution in [-0.2, 0) is 4.79 Å². The zero-order chi connectivity index (χ0) is 19.1. The SMILES string of the molecule is O=C(CCCCC1CCSS1)NC1CCN(C(=O)c2ccccc2F)CC1. The normalized spacial score (nSPS) is 20.6. The van der Waals surface area contributed by atoms with Gasteiger partial charge >= 0.3 is 0 Å². The van der Waals surface area contributed by atoms with Crippen molar-refractivity contribution in [3.05, 3.63) is 35.6 Å². The highest BCUT2D eigenvalue weighted by Crippen LogP contribution is 2.39. The van der Waals surface area contributed by atoms with Gasteiger partial charge in [0, 0.05) is 36.6 Å². The minimum atomic E-state index is -0.479. The summed E-state index contributed by atoms with van der Waals surface area (Å²) in [7, 11) is 3.95. The van der Waals surface area contributed by atoms with Crippen molar-refractivity contribution in [3.63, 3.8) is 0 Å². The molecule has 0 spiro atoms. The molecule has 1 unspecified atom stereocenters. The van der Waals surface area contributed by atoms with Gasteiger partial charge in [0.1, 0.15) is 5.82 Å². The standard InChI is InChI=1S/C20H27FN2O2S2/c21-18-7-3-2-6-17(18)20(25)23-12-9-15(10-13-23)22-19(24)8-4-1-5-16-11-14-26-27-16/h2-3,6-7,15-16H,1,4-5,8-14H2,(H,22,24). The van der Waals surface area contributed by atoms with Gasteiger partial charge in [0.05, 0.1) is 5.56 Å². The third-order valence-electron chi connectivity index (χ3n) is 5.16. The number of hydrogen-bond donors (Lipinski definition) is 1. The van der Waals surface area contributed by atoms with Crippen molar-refractivity contribution >= 4 is 33.4 Å². The quantitative estimate of drug-likeness (QED) is 0.539. The van der Waals surface area contributed by atoms with Gasteiger partial charge < -0.3 is 10.2 Å². The van der Waals surface area contributed by atoms with E-state index in [1.807, 2.05) is 21.6 Å². The van der Waals surface area contributed by atoms with Crippen LogP contribution in [0.5, 0.6) is 0 Å². The topological polar surface area (TPSA) is 49.4 Å². The van der Waals surface area contributed by atoms with Crippen LogP contribution in [0.4, 0.5) is 4.39 Å². The zero-order valence-corrected chi connectivity index (χ0v) is 17.1. The van der Waals surface area contributed by atoms with E-state index in [2.05, 4.69) is 5.32 Å². The summed E-state index contributed by atoms with van der Waals surface area (Å²) >= 11 is 0. The van der Waals surface area contributed by atoms with E-state index in [0.717, 1.165) is 30.9 Å². The largest absolute Gasteiger partial charge is 0.353 e. The number of benzene rings is 1. The van der Waals surface area contributed by atoms with Crippen LogP contribution in [0.1, 0.15) is 55.3 Å². The first-order valence-electron chi connectivity index (χ1n) is 9.75. The number of piperidine rings is 1. The van der Waals surface area contributed by atoms with Crippen molar-refractivity contribution < 1.29 is 14.0 Å². The van der Waals surface area contributed by atoms with Gasteiger partial charge in [-0.25, -0.2) is 4.39 Å². The number of nitrogens with zero attached hydrogens (tertiary/aromatic N) is 1. The molecule has 1 aromatic carbocycles. The van der Waals surface area contributed by atoms with Crippen molar-refractivity contribution in [1.82, 2.24) is 10.2 Å². The Morgan fingerprint density at radius 1 is 1.15 bits per heavy atom. The number of carbonyl (C=O) groups excluding carboxylic acids is 2. The van der Waals surface area contributed by atoms with Crippen LogP contribution in [0.2, 0.25) is 0 Å². The van der Waals surface area contributed by atoms with Crippen LogP contribution in [0, 0.1) is 5.82 Å². The van der Waals surface area contributed by atoms with Gasteiger partial charge in [-0.2, -0.15) is 0 Å². The Balaban J connectivity index is 1.33. The summed E-state index contributed by atoms with van der Waals surface area (Å²) in [6.45, 7) is 1.10. The molecule has 2 aliphatic rings. The molecule has 1 aromatic rings. The van der Waals surface area contributed by atoms with Crippen molar-refractivity contribution in [1.29, 1.82) is 0 Å². The average molecular weight is 411 g/mol. The van der Waals surface area contributed by atoms with E-state index >= 15 is 0 Å². The summed E-state index contributed by atoms with van der Waals surface area (Å²) < 4.78 is 13.8. The molecule has 0 bridgehead atoms. The van der Waals surface area contributed by atoms with E-state index in [9.17, 15) is 14.0 Å². The predicted molar refractivity (Wildman–Crippen MR) is 110 cm³/mol. The first-order chi connectivity index (χ1) is 13.1.